The van der Waals surface area contributed by atoms with E-state index in [0.29, 0.717) is 53.2 Å². The first-order valence-electron chi connectivity index (χ1n) is 21.8. The summed E-state index contributed by atoms with van der Waals surface area (Å²) in [7, 11) is -3.50. The number of rotatable bonds is 19. The number of amides is 5. The summed E-state index contributed by atoms with van der Waals surface area (Å²) in [5, 5.41) is 17.1. The Hall–Kier alpha value is -6.23. The standard InChI is InChI=1S/C45H46Cl2N10O10S/c1-26(40-33(46)19-48-20-34(40)47)67-29-4-6-35-32(17-29)41(54-53-35)27-2-8-37(51-18-27)55-22-45(23-55)24-56(25-45)68(63,64)15-14-66-13-12-65-11-10-49-39(59)21-50-28-3-5-30-31(16-28)44(62)57(43(30)61)36-7-9-38(58)52-42(36)60/h2-6,8,16-20,26,36,50H,7,9-15,21-25H2,1H3,(H,49,59)(H,53,54)(H,52,58,60)/t26-,36?/m1/s1. The normalized spacial score (nSPS) is 18.3. The molecule has 1 unspecified atom stereocenters. The average molecular weight is 990 g/mol. The van der Waals surface area contributed by atoms with Gasteiger partial charge in [-0.3, -0.25) is 44.3 Å². The van der Waals surface area contributed by atoms with Crippen LogP contribution in [0.2, 0.25) is 10.0 Å². The summed E-state index contributed by atoms with van der Waals surface area (Å²) in [6.45, 7) is 4.83. The van der Waals surface area contributed by atoms with Gasteiger partial charge < -0.3 is 29.7 Å². The monoisotopic (exact) mass is 988 g/mol. The number of hydrogen-bond acceptors (Lipinski definition) is 15. The van der Waals surface area contributed by atoms with Gasteiger partial charge in [-0.1, -0.05) is 23.2 Å². The molecule has 4 N–H and O–H groups in total. The van der Waals surface area contributed by atoms with Crippen LogP contribution in [-0.4, -0.2) is 145 Å². The van der Waals surface area contributed by atoms with E-state index in [-0.39, 0.29) is 80.6 Å². The molecule has 20 nitrogen and oxygen atoms in total. The van der Waals surface area contributed by atoms with Gasteiger partial charge in [-0.25, -0.2) is 17.7 Å². The lowest BCUT2D eigenvalue weighted by Gasteiger charge is -2.59. The van der Waals surface area contributed by atoms with E-state index in [1.54, 1.807) is 12.3 Å². The largest absolute Gasteiger partial charge is 0.486 e. The van der Waals surface area contributed by atoms with Gasteiger partial charge in [-0.2, -0.15) is 5.10 Å². The summed E-state index contributed by atoms with van der Waals surface area (Å²) < 4.78 is 44.8. The van der Waals surface area contributed by atoms with Crippen molar-refractivity contribution >= 4 is 85.2 Å². The number of imide groups is 2. The average Bonchev–Trinajstić information content (AvgIpc) is 3.81. The predicted octanol–water partition coefficient (Wildman–Crippen LogP) is 3.58. The van der Waals surface area contributed by atoms with Crippen molar-refractivity contribution in [2.75, 3.05) is 81.7 Å². The lowest BCUT2D eigenvalue weighted by Crippen LogP contribution is -2.73. The minimum absolute atomic E-state index is 0.0193. The van der Waals surface area contributed by atoms with Crippen LogP contribution in [0.15, 0.2) is 67.1 Å². The molecule has 2 aromatic carbocycles. The fraction of sp³-hybridized carbons (Fsp3) is 0.378. The molecule has 68 heavy (non-hydrogen) atoms. The molecule has 4 aliphatic rings. The molecule has 5 aromatic rings. The van der Waals surface area contributed by atoms with Crippen LogP contribution in [0.4, 0.5) is 11.5 Å². The first-order chi connectivity index (χ1) is 32.7. The van der Waals surface area contributed by atoms with Crippen LogP contribution in [0.1, 0.15) is 52.1 Å². The molecule has 3 fully saturated rings. The molecule has 1 spiro atoms. The molecular formula is C45H46Cl2N10O10S. The maximum absolute atomic E-state index is 13.0. The second kappa shape index (κ2) is 19.4. The maximum atomic E-state index is 13.0. The van der Waals surface area contributed by atoms with Gasteiger partial charge in [0.15, 0.2) is 0 Å². The summed E-state index contributed by atoms with van der Waals surface area (Å²) in [5.41, 5.74) is 3.59. The van der Waals surface area contributed by atoms with Gasteiger partial charge in [0.2, 0.25) is 27.7 Å². The number of benzene rings is 2. The summed E-state index contributed by atoms with van der Waals surface area (Å²) in [4.78, 5) is 73.9. The Kier molecular flexibility index (Phi) is 13.4. The molecule has 0 radical (unpaired) electrons. The van der Waals surface area contributed by atoms with Crippen LogP contribution in [0.3, 0.4) is 0 Å². The van der Waals surface area contributed by atoms with Crippen molar-refractivity contribution in [1.82, 2.24) is 40.0 Å². The summed E-state index contributed by atoms with van der Waals surface area (Å²) in [6, 6.07) is 13.0. The molecule has 2 atom stereocenters. The number of nitrogens with zero attached hydrogens (tertiary/aromatic N) is 6. The van der Waals surface area contributed by atoms with Gasteiger partial charge in [0.1, 0.15) is 29.4 Å². The van der Waals surface area contributed by atoms with Crippen molar-refractivity contribution in [2.24, 2.45) is 5.41 Å². The summed E-state index contributed by atoms with van der Waals surface area (Å²) >= 11 is 12.7. The number of fused-ring (bicyclic) bond motifs is 2. The number of piperidine rings is 1. The molecule has 3 saturated heterocycles. The molecule has 9 rings (SSSR count). The van der Waals surface area contributed by atoms with Gasteiger partial charge in [0, 0.05) is 85.4 Å². The number of sulfonamides is 1. The van der Waals surface area contributed by atoms with E-state index in [9.17, 15) is 32.4 Å². The van der Waals surface area contributed by atoms with Crippen molar-refractivity contribution in [3.8, 4) is 17.0 Å². The number of halogens is 2. The topological polar surface area (TPSA) is 247 Å². The van der Waals surface area contributed by atoms with Crippen LogP contribution in [0, 0.1) is 5.41 Å². The smallest absolute Gasteiger partial charge is 0.262 e. The molecule has 356 valence electrons. The second-order valence-corrected chi connectivity index (χ2v) is 19.9. The molecule has 0 saturated carbocycles. The highest BCUT2D eigenvalue weighted by molar-refractivity contribution is 7.89. The highest BCUT2D eigenvalue weighted by atomic mass is 35.5. The van der Waals surface area contributed by atoms with Gasteiger partial charge in [-0.05, 0) is 61.9 Å². The van der Waals surface area contributed by atoms with Gasteiger partial charge in [0.25, 0.3) is 11.8 Å². The number of ether oxygens (including phenoxy) is 3. The highest BCUT2D eigenvalue weighted by Gasteiger charge is 2.55. The molecule has 0 aliphatic carbocycles. The Morgan fingerprint density at radius 2 is 1.66 bits per heavy atom. The fourth-order valence-electron chi connectivity index (χ4n) is 8.80. The first kappa shape index (κ1) is 46.9. The van der Waals surface area contributed by atoms with Crippen LogP contribution in [0.5, 0.6) is 5.75 Å². The Bertz CT molecular complexity index is 2890. The number of pyridine rings is 2. The minimum atomic E-state index is -3.50. The zero-order valence-corrected chi connectivity index (χ0v) is 39.0. The van der Waals surface area contributed by atoms with Gasteiger partial charge in [-0.15, -0.1) is 0 Å². The number of nitrogens with one attached hydrogen (secondary N) is 4. The molecule has 4 aliphatic heterocycles. The lowest BCUT2D eigenvalue weighted by atomic mass is 9.74. The van der Waals surface area contributed by atoms with E-state index < -0.39 is 45.8 Å². The van der Waals surface area contributed by atoms with Gasteiger partial charge in [0.05, 0.1) is 65.4 Å². The third-order valence-electron chi connectivity index (χ3n) is 12.3. The van der Waals surface area contributed by atoms with E-state index in [1.165, 1.54) is 28.8 Å². The Morgan fingerprint density at radius 1 is 0.912 bits per heavy atom. The van der Waals surface area contributed by atoms with Crippen molar-refractivity contribution in [3.63, 3.8) is 0 Å². The van der Waals surface area contributed by atoms with Crippen molar-refractivity contribution in [3.05, 3.63) is 93.9 Å². The van der Waals surface area contributed by atoms with E-state index in [1.807, 2.05) is 37.3 Å². The highest BCUT2D eigenvalue weighted by Crippen LogP contribution is 2.43. The summed E-state index contributed by atoms with van der Waals surface area (Å²) in [6.07, 6.45) is 4.49. The third-order valence-corrected chi connectivity index (χ3v) is 14.6. The second-order valence-electron chi connectivity index (χ2n) is 17.0. The molecule has 7 heterocycles. The number of aromatic amines is 1. The van der Waals surface area contributed by atoms with E-state index in [2.05, 4.69) is 36.0 Å². The number of aromatic nitrogens is 4. The minimum Gasteiger partial charge on any atom is -0.486 e. The zero-order chi connectivity index (χ0) is 47.7. The molecule has 23 heteroatoms. The predicted molar refractivity (Wildman–Crippen MR) is 249 cm³/mol. The first-order valence-corrected chi connectivity index (χ1v) is 24.2. The SMILES string of the molecule is C[C@@H](Oc1ccc2[nH]nc(-c3ccc(N4CC5(C4)CN(S(=O)(=O)CCOCCOCCNC(=O)CNc4ccc6c(c4)C(=O)N(C4CCC(=O)NC4=O)C6=O)C5)nc3)c2c1)c1c(Cl)cncc1Cl. The fourth-order valence-corrected chi connectivity index (χ4v) is 11.0. The molecule has 3 aromatic heterocycles. The van der Waals surface area contributed by atoms with E-state index >= 15 is 0 Å². The third kappa shape index (κ3) is 9.72. The molecule has 0 bridgehead atoms. The van der Waals surface area contributed by atoms with Crippen molar-refractivity contribution in [2.45, 2.75) is 31.9 Å². The van der Waals surface area contributed by atoms with Crippen LogP contribution < -0.4 is 25.6 Å². The van der Waals surface area contributed by atoms with Crippen molar-refractivity contribution < 1.29 is 46.6 Å². The Morgan fingerprint density at radius 3 is 2.40 bits per heavy atom. The zero-order valence-electron chi connectivity index (χ0n) is 36.6. The van der Waals surface area contributed by atoms with Crippen LogP contribution in [0.25, 0.3) is 22.2 Å². The molecular weight excluding hydrogens is 944 g/mol. The Labute approximate surface area is 400 Å². The lowest BCUT2D eigenvalue weighted by molar-refractivity contribution is -0.136. The maximum Gasteiger partial charge on any atom is 0.262 e. The van der Waals surface area contributed by atoms with E-state index in [4.69, 9.17) is 42.4 Å². The quantitative estimate of drug-likeness (QED) is 0.0682. The number of hydrogen-bond donors (Lipinski definition) is 4. The van der Waals surface area contributed by atoms with Crippen molar-refractivity contribution in [1.29, 1.82) is 0 Å². The van der Waals surface area contributed by atoms with Crippen LogP contribution in [-0.2, 0) is 33.9 Å². The number of anilines is 2. The van der Waals surface area contributed by atoms with Crippen LogP contribution >= 0.6 is 23.2 Å². The Balaban J connectivity index is 0.637. The summed E-state index contributed by atoms with van der Waals surface area (Å²) in [5.74, 6) is -1.47. The molecule has 5 amide bonds. The van der Waals surface area contributed by atoms with Gasteiger partial charge >= 0.3 is 0 Å². The number of carbonyl (C=O) groups excluding carboxylic acids is 5. The number of H-pyrrole nitrogens is 1. The van der Waals surface area contributed by atoms with E-state index in [0.717, 1.165) is 32.9 Å². The number of carbonyl (C=O) groups is 5.